The molecule has 0 saturated heterocycles. The maximum Gasteiger partial charge on any atom is 0.234 e. The maximum atomic E-state index is 5.84. The summed E-state index contributed by atoms with van der Waals surface area (Å²) in [5.41, 5.74) is 5.88. The number of nitrogens with zero attached hydrogens (tertiary/aromatic N) is 3. The van der Waals surface area contributed by atoms with Gasteiger partial charge in [-0.05, 0) is 32.2 Å². The van der Waals surface area contributed by atoms with Gasteiger partial charge in [0, 0.05) is 13.1 Å². The Labute approximate surface area is 122 Å². The molecule has 0 atom stereocenters. The van der Waals surface area contributed by atoms with Crippen LogP contribution in [0.3, 0.4) is 0 Å². The highest BCUT2D eigenvalue weighted by atomic mass is 16.5. The molecular formula is C15H28N4O. The third-order valence-electron chi connectivity index (χ3n) is 2.95. The molecule has 0 amide bonds. The lowest BCUT2D eigenvalue weighted by Crippen LogP contribution is -2.39. The first-order valence-electron chi connectivity index (χ1n) is 7.31. The highest BCUT2D eigenvalue weighted by Crippen LogP contribution is 2.21. The Bertz CT molecular complexity index is 407. The number of hydrogen-bond donors (Lipinski definition) is 1. The van der Waals surface area contributed by atoms with Crippen LogP contribution >= 0.6 is 0 Å². The van der Waals surface area contributed by atoms with Crippen LogP contribution in [0.25, 0.3) is 0 Å². The van der Waals surface area contributed by atoms with Gasteiger partial charge < -0.3 is 15.4 Å². The van der Waals surface area contributed by atoms with E-state index in [0.29, 0.717) is 12.4 Å². The first-order chi connectivity index (χ1) is 9.38. The molecular weight excluding hydrogens is 252 g/mol. The molecule has 1 heterocycles. The fourth-order valence-corrected chi connectivity index (χ4v) is 1.91. The van der Waals surface area contributed by atoms with Gasteiger partial charge in [0.05, 0.1) is 18.5 Å². The molecule has 20 heavy (non-hydrogen) atoms. The Morgan fingerprint density at radius 3 is 2.60 bits per heavy atom. The molecule has 1 aromatic heterocycles. The van der Waals surface area contributed by atoms with Crippen molar-refractivity contribution in [2.75, 3.05) is 24.5 Å². The van der Waals surface area contributed by atoms with Crippen molar-refractivity contribution in [3.63, 3.8) is 0 Å². The fourth-order valence-electron chi connectivity index (χ4n) is 1.91. The molecule has 0 fully saturated rings. The average Bonchev–Trinajstić information content (AvgIpc) is 2.37. The Morgan fingerprint density at radius 2 is 2.05 bits per heavy atom. The molecule has 0 aromatic carbocycles. The predicted octanol–water partition coefficient (Wildman–Crippen LogP) is 2.47. The molecule has 1 aromatic rings. The van der Waals surface area contributed by atoms with E-state index >= 15 is 0 Å². The summed E-state index contributed by atoms with van der Waals surface area (Å²) in [6.07, 6.45) is 4.59. The van der Waals surface area contributed by atoms with Gasteiger partial charge in [0.25, 0.3) is 0 Å². The molecule has 0 bridgehead atoms. The van der Waals surface area contributed by atoms with Crippen LogP contribution in [-0.4, -0.2) is 35.7 Å². The molecule has 0 aliphatic heterocycles. The molecule has 0 radical (unpaired) electrons. The summed E-state index contributed by atoms with van der Waals surface area (Å²) in [6, 6.07) is 0. The van der Waals surface area contributed by atoms with Gasteiger partial charge in [-0.2, -0.15) is 4.98 Å². The number of ether oxygens (including phenoxy) is 1. The number of hydrogen-bond acceptors (Lipinski definition) is 5. The molecule has 2 N–H and O–H groups in total. The number of anilines is 1. The second-order valence-electron chi connectivity index (χ2n) is 6.17. The summed E-state index contributed by atoms with van der Waals surface area (Å²) in [5, 5.41) is 0. The summed E-state index contributed by atoms with van der Waals surface area (Å²) >= 11 is 0. The first kappa shape index (κ1) is 16.7. The van der Waals surface area contributed by atoms with E-state index in [1.165, 1.54) is 0 Å². The molecule has 0 aliphatic carbocycles. The molecule has 0 spiro atoms. The first-order valence-corrected chi connectivity index (χ1v) is 7.31. The summed E-state index contributed by atoms with van der Waals surface area (Å²) in [7, 11) is 0. The third-order valence-corrected chi connectivity index (χ3v) is 2.95. The van der Waals surface area contributed by atoms with Gasteiger partial charge in [0.15, 0.2) is 5.82 Å². The summed E-state index contributed by atoms with van der Waals surface area (Å²) in [6.45, 7) is 12.9. The summed E-state index contributed by atoms with van der Waals surface area (Å²) < 4.78 is 5.61. The van der Waals surface area contributed by atoms with E-state index in [1.807, 2.05) is 13.8 Å². The Balaban J connectivity index is 2.90. The van der Waals surface area contributed by atoms with Crippen molar-refractivity contribution in [1.29, 1.82) is 0 Å². The second kappa shape index (κ2) is 7.43. The lowest BCUT2D eigenvalue weighted by molar-refractivity contribution is 0.231. The van der Waals surface area contributed by atoms with Gasteiger partial charge in [-0.25, -0.2) is 0 Å². The van der Waals surface area contributed by atoms with Crippen LogP contribution in [0.4, 0.5) is 5.82 Å². The van der Waals surface area contributed by atoms with Crippen LogP contribution in [0.2, 0.25) is 0 Å². The van der Waals surface area contributed by atoms with Crippen molar-refractivity contribution in [3.05, 3.63) is 12.4 Å². The minimum absolute atomic E-state index is 0.0474. The summed E-state index contributed by atoms with van der Waals surface area (Å²) in [5.74, 6) is 1.43. The van der Waals surface area contributed by atoms with E-state index in [-0.39, 0.29) is 11.5 Å². The standard InChI is InChI=1S/C15H28N4O/c1-6-7-19(11-15(4,5)10-16)13-8-17-9-14(18-13)20-12(2)3/h8-9,12H,6-7,10-11,16H2,1-5H3. The van der Waals surface area contributed by atoms with E-state index in [9.17, 15) is 0 Å². The van der Waals surface area contributed by atoms with Crippen molar-refractivity contribution in [2.45, 2.75) is 47.1 Å². The van der Waals surface area contributed by atoms with Crippen molar-refractivity contribution >= 4 is 5.82 Å². The zero-order chi connectivity index (χ0) is 15.2. The number of rotatable bonds is 8. The molecule has 0 saturated carbocycles. The van der Waals surface area contributed by atoms with Gasteiger partial charge in [-0.3, -0.25) is 4.98 Å². The average molecular weight is 280 g/mol. The number of aromatic nitrogens is 2. The van der Waals surface area contributed by atoms with Gasteiger partial charge in [-0.1, -0.05) is 20.8 Å². The second-order valence-corrected chi connectivity index (χ2v) is 6.17. The Kier molecular flexibility index (Phi) is 6.20. The van der Waals surface area contributed by atoms with Gasteiger partial charge >= 0.3 is 0 Å². The van der Waals surface area contributed by atoms with E-state index in [2.05, 4.69) is 35.6 Å². The molecule has 5 nitrogen and oxygen atoms in total. The van der Waals surface area contributed by atoms with Gasteiger partial charge in [0.2, 0.25) is 5.88 Å². The number of nitrogens with two attached hydrogens (primary N) is 1. The highest BCUT2D eigenvalue weighted by molar-refractivity contribution is 5.38. The third kappa shape index (κ3) is 5.33. The fraction of sp³-hybridized carbons (Fsp3) is 0.733. The van der Waals surface area contributed by atoms with Crippen LogP contribution in [0.15, 0.2) is 12.4 Å². The lowest BCUT2D eigenvalue weighted by Gasteiger charge is -2.32. The van der Waals surface area contributed by atoms with Crippen molar-refractivity contribution in [1.82, 2.24) is 9.97 Å². The molecule has 0 aliphatic rings. The van der Waals surface area contributed by atoms with Crippen molar-refractivity contribution in [3.8, 4) is 5.88 Å². The lowest BCUT2D eigenvalue weighted by atomic mass is 9.93. The minimum Gasteiger partial charge on any atom is -0.474 e. The largest absolute Gasteiger partial charge is 0.474 e. The normalized spacial score (nSPS) is 11.8. The van der Waals surface area contributed by atoms with Crippen molar-refractivity contribution in [2.24, 2.45) is 11.1 Å². The van der Waals surface area contributed by atoms with Crippen LogP contribution in [0, 0.1) is 5.41 Å². The Morgan fingerprint density at radius 1 is 1.35 bits per heavy atom. The SMILES string of the molecule is CCCN(CC(C)(C)CN)c1cncc(OC(C)C)n1. The van der Waals surface area contributed by atoms with Crippen LogP contribution in [0.5, 0.6) is 5.88 Å². The summed E-state index contributed by atoms with van der Waals surface area (Å²) in [4.78, 5) is 11.0. The predicted molar refractivity (Wildman–Crippen MR) is 83.1 cm³/mol. The minimum atomic E-state index is 0.0474. The smallest absolute Gasteiger partial charge is 0.234 e. The molecule has 0 unspecified atom stereocenters. The van der Waals surface area contributed by atoms with Crippen LogP contribution < -0.4 is 15.4 Å². The van der Waals surface area contributed by atoms with E-state index in [4.69, 9.17) is 10.5 Å². The maximum absolute atomic E-state index is 5.84. The molecule has 1 rings (SSSR count). The monoisotopic (exact) mass is 280 g/mol. The van der Waals surface area contributed by atoms with Crippen LogP contribution in [0.1, 0.15) is 41.0 Å². The van der Waals surface area contributed by atoms with Gasteiger partial charge in [0.1, 0.15) is 0 Å². The van der Waals surface area contributed by atoms with E-state index in [0.717, 1.165) is 25.3 Å². The Hall–Kier alpha value is -1.36. The van der Waals surface area contributed by atoms with Gasteiger partial charge in [-0.15, -0.1) is 0 Å². The van der Waals surface area contributed by atoms with Crippen molar-refractivity contribution < 1.29 is 4.74 Å². The molecule has 5 heteroatoms. The molecule has 114 valence electrons. The van der Waals surface area contributed by atoms with E-state index in [1.54, 1.807) is 12.4 Å². The zero-order valence-electron chi connectivity index (χ0n) is 13.4. The van der Waals surface area contributed by atoms with E-state index < -0.39 is 0 Å². The quantitative estimate of drug-likeness (QED) is 0.792. The topological polar surface area (TPSA) is 64.3 Å². The zero-order valence-corrected chi connectivity index (χ0v) is 13.4. The van der Waals surface area contributed by atoms with Crippen LogP contribution in [-0.2, 0) is 0 Å². The highest BCUT2D eigenvalue weighted by Gasteiger charge is 2.21.